The largest absolute Gasteiger partial charge is 0.311 e. The van der Waals surface area contributed by atoms with Crippen molar-refractivity contribution < 1.29 is 0 Å². The SMILES string of the molecule is c1ccc(CN2CCC(CNCc3nccc4cncnc34)CC2)cc1. The van der Waals surface area contributed by atoms with Crippen molar-refractivity contribution in [3.8, 4) is 0 Å². The molecule has 134 valence electrons. The molecule has 3 aromatic rings. The Morgan fingerprint density at radius 2 is 1.88 bits per heavy atom. The number of pyridine rings is 1. The van der Waals surface area contributed by atoms with Crippen LogP contribution in [0.25, 0.3) is 10.9 Å². The molecule has 4 rings (SSSR count). The smallest absolute Gasteiger partial charge is 0.116 e. The van der Waals surface area contributed by atoms with E-state index in [1.807, 2.05) is 18.5 Å². The molecule has 1 aliphatic rings. The van der Waals surface area contributed by atoms with Crippen LogP contribution in [-0.4, -0.2) is 39.5 Å². The third-order valence-electron chi connectivity index (χ3n) is 5.18. The van der Waals surface area contributed by atoms with Crippen molar-refractivity contribution in [1.29, 1.82) is 0 Å². The zero-order chi connectivity index (χ0) is 17.6. The Labute approximate surface area is 154 Å². The molecule has 0 amide bonds. The number of likely N-dealkylation sites (tertiary alicyclic amines) is 1. The topological polar surface area (TPSA) is 53.9 Å². The Kier molecular flexibility index (Phi) is 5.47. The fraction of sp³-hybridized carbons (Fsp3) is 0.381. The molecule has 2 aromatic heterocycles. The molecule has 0 aliphatic carbocycles. The average Bonchev–Trinajstić information content (AvgIpc) is 2.70. The van der Waals surface area contributed by atoms with E-state index >= 15 is 0 Å². The molecular formula is C21H25N5. The number of hydrogen-bond donors (Lipinski definition) is 1. The monoisotopic (exact) mass is 347 g/mol. The van der Waals surface area contributed by atoms with Crippen LogP contribution in [0.1, 0.15) is 24.1 Å². The number of fused-ring (bicyclic) bond motifs is 1. The Hall–Kier alpha value is -2.37. The van der Waals surface area contributed by atoms with Crippen LogP contribution in [-0.2, 0) is 13.1 Å². The van der Waals surface area contributed by atoms with Gasteiger partial charge < -0.3 is 5.32 Å². The molecule has 0 radical (unpaired) electrons. The zero-order valence-corrected chi connectivity index (χ0v) is 15.0. The van der Waals surface area contributed by atoms with Crippen LogP contribution < -0.4 is 5.32 Å². The first-order valence-corrected chi connectivity index (χ1v) is 9.39. The Morgan fingerprint density at radius 3 is 2.73 bits per heavy atom. The molecule has 0 bridgehead atoms. The first-order valence-electron chi connectivity index (χ1n) is 9.39. The molecular weight excluding hydrogens is 322 g/mol. The maximum atomic E-state index is 4.49. The van der Waals surface area contributed by atoms with E-state index < -0.39 is 0 Å². The first kappa shape index (κ1) is 17.1. The van der Waals surface area contributed by atoms with Crippen LogP contribution >= 0.6 is 0 Å². The van der Waals surface area contributed by atoms with Crippen LogP contribution in [0.2, 0.25) is 0 Å². The van der Waals surface area contributed by atoms with Gasteiger partial charge in [0.25, 0.3) is 0 Å². The van der Waals surface area contributed by atoms with Crippen LogP contribution in [0, 0.1) is 5.92 Å². The van der Waals surface area contributed by atoms with Crippen LogP contribution in [0.3, 0.4) is 0 Å². The van der Waals surface area contributed by atoms with E-state index in [2.05, 4.69) is 55.5 Å². The van der Waals surface area contributed by atoms with Crippen molar-refractivity contribution in [2.24, 2.45) is 5.92 Å². The lowest BCUT2D eigenvalue weighted by Crippen LogP contribution is -2.36. The van der Waals surface area contributed by atoms with E-state index in [-0.39, 0.29) is 0 Å². The summed E-state index contributed by atoms with van der Waals surface area (Å²) in [7, 11) is 0. The first-order chi connectivity index (χ1) is 12.9. The second kappa shape index (κ2) is 8.34. The van der Waals surface area contributed by atoms with E-state index in [1.165, 1.54) is 31.5 Å². The standard InChI is InChI=1S/C21H25N5/c1-2-4-18(5-3-1)15-26-10-7-17(8-11-26)12-22-14-20-21-19(6-9-24-20)13-23-16-25-21/h1-6,9,13,16-17,22H,7-8,10-12,14-15H2. The molecule has 0 saturated carbocycles. The van der Waals surface area contributed by atoms with E-state index in [9.17, 15) is 0 Å². The molecule has 0 spiro atoms. The molecule has 1 fully saturated rings. The molecule has 0 unspecified atom stereocenters. The Bertz CT molecular complexity index is 823. The predicted molar refractivity (Wildman–Crippen MR) is 103 cm³/mol. The summed E-state index contributed by atoms with van der Waals surface area (Å²) in [6, 6.07) is 12.7. The summed E-state index contributed by atoms with van der Waals surface area (Å²) >= 11 is 0. The second-order valence-corrected chi connectivity index (χ2v) is 7.05. The molecule has 1 N–H and O–H groups in total. The maximum Gasteiger partial charge on any atom is 0.116 e. The molecule has 1 aromatic carbocycles. The van der Waals surface area contributed by atoms with Gasteiger partial charge in [0.05, 0.1) is 11.2 Å². The zero-order valence-electron chi connectivity index (χ0n) is 15.0. The summed E-state index contributed by atoms with van der Waals surface area (Å²) in [5.41, 5.74) is 3.37. The van der Waals surface area contributed by atoms with Crippen molar-refractivity contribution in [3.63, 3.8) is 0 Å². The molecule has 0 atom stereocenters. The summed E-state index contributed by atoms with van der Waals surface area (Å²) in [5, 5.41) is 4.64. The van der Waals surface area contributed by atoms with Crippen LogP contribution in [0.15, 0.2) is 55.1 Å². The minimum Gasteiger partial charge on any atom is -0.311 e. The molecule has 1 aliphatic heterocycles. The maximum absolute atomic E-state index is 4.49. The number of hydrogen-bond acceptors (Lipinski definition) is 5. The third kappa shape index (κ3) is 4.23. The van der Waals surface area contributed by atoms with Gasteiger partial charge in [0.2, 0.25) is 0 Å². The highest BCUT2D eigenvalue weighted by Crippen LogP contribution is 2.19. The van der Waals surface area contributed by atoms with Gasteiger partial charge in [0, 0.05) is 30.9 Å². The molecule has 3 heterocycles. The van der Waals surface area contributed by atoms with E-state index in [4.69, 9.17) is 0 Å². The van der Waals surface area contributed by atoms with Gasteiger partial charge in [-0.2, -0.15) is 0 Å². The fourth-order valence-corrected chi connectivity index (χ4v) is 3.69. The Morgan fingerprint density at radius 1 is 1.04 bits per heavy atom. The predicted octanol–water partition coefficient (Wildman–Crippen LogP) is 3.03. The van der Waals surface area contributed by atoms with Crippen LogP contribution in [0.4, 0.5) is 0 Å². The number of benzene rings is 1. The minimum atomic E-state index is 0.742. The van der Waals surface area contributed by atoms with Gasteiger partial charge in [0.15, 0.2) is 0 Å². The summed E-state index contributed by atoms with van der Waals surface area (Å²) in [5.74, 6) is 0.742. The lowest BCUT2D eigenvalue weighted by Gasteiger charge is -2.32. The third-order valence-corrected chi connectivity index (χ3v) is 5.18. The van der Waals surface area contributed by atoms with E-state index in [1.54, 1.807) is 6.33 Å². The fourth-order valence-electron chi connectivity index (χ4n) is 3.69. The highest BCUT2D eigenvalue weighted by atomic mass is 15.1. The summed E-state index contributed by atoms with van der Waals surface area (Å²) in [6.07, 6.45) is 7.78. The minimum absolute atomic E-state index is 0.742. The van der Waals surface area contributed by atoms with Crippen molar-refractivity contribution >= 4 is 10.9 Å². The lowest BCUT2D eigenvalue weighted by atomic mass is 9.96. The summed E-state index contributed by atoms with van der Waals surface area (Å²) in [4.78, 5) is 15.5. The van der Waals surface area contributed by atoms with Crippen molar-refractivity contribution in [2.45, 2.75) is 25.9 Å². The molecule has 5 nitrogen and oxygen atoms in total. The lowest BCUT2D eigenvalue weighted by molar-refractivity contribution is 0.175. The highest BCUT2D eigenvalue weighted by molar-refractivity contribution is 5.78. The van der Waals surface area contributed by atoms with Gasteiger partial charge in [-0.1, -0.05) is 30.3 Å². The molecule has 5 heteroatoms. The van der Waals surface area contributed by atoms with Gasteiger partial charge in [0.1, 0.15) is 6.33 Å². The number of nitrogens with zero attached hydrogens (tertiary/aromatic N) is 4. The normalized spacial score (nSPS) is 16.2. The second-order valence-electron chi connectivity index (χ2n) is 7.05. The number of nitrogens with one attached hydrogen (secondary N) is 1. The Balaban J connectivity index is 1.24. The summed E-state index contributed by atoms with van der Waals surface area (Å²) in [6.45, 7) is 5.24. The quantitative estimate of drug-likeness (QED) is 0.743. The van der Waals surface area contributed by atoms with Crippen molar-refractivity contribution in [1.82, 2.24) is 25.2 Å². The van der Waals surface area contributed by atoms with Crippen LogP contribution in [0.5, 0.6) is 0 Å². The van der Waals surface area contributed by atoms with E-state index in [0.29, 0.717) is 0 Å². The van der Waals surface area contributed by atoms with Crippen molar-refractivity contribution in [2.75, 3.05) is 19.6 Å². The molecule has 1 saturated heterocycles. The van der Waals surface area contributed by atoms with Crippen molar-refractivity contribution in [3.05, 3.63) is 66.4 Å². The highest BCUT2D eigenvalue weighted by Gasteiger charge is 2.19. The van der Waals surface area contributed by atoms with Gasteiger partial charge in [-0.3, -0.25) is 9.88 Å². The molecule has 26 heavy (non-hydrogen) atoms. The van der Waals surface area contributed by atoms with Gasteiger partial charge in [-0.25, -0.2) is 9.97 Å². The number of piperidine rings is 1. The van der Waals surface area contributed by atoms with Gasteiger partial charge in [-0.05, 0) is 50.0 Å². The number of aromatic nitrogens is 3. The average molecular weight is 347 g/mol. The van der Waals surface area contributed by atoms with E-state index in [0.717, 1.165) is 42.1 Å². The summed E-state index contributed by atoms with van der Waals surface area (Å²) < 4.78 is 0. The van der Waals surface area contributed by atoms with Gasteiger partial charge >= 0.3 is 0 Å². The van der Waals surface area contributed by atoms with Gasteiger partial charge in [-0.15, -0.1) is 0 Å². The number of rotatable bonds is 6.